The smallest absolute Gasteiger partial charge is 0.255 e. The number of hydrogen-bond acceptors (Lipinski definition) is 6. The van der Waals surface area contributed by atoms with Gasteiger partial charge in [-0.15, -0.1) is 0 Å². The summed E-state index contributed by atoms with van der Waals surface area (Å²) in [6.07, 6.45) is 9.13. The average molecular weight is 489 g/mol. The fraction of sp³-hybridized carbons (Fsp3) is 0.500. The van der Waals surface area contributed by atoms with Crippen LogP contribution in [-0.2, 0) is 16.1 Å². The molecule has 3 fully saturated rings. The van der Waals surface area contributed by atoms with Gasteiger partial charge in [0.25, 0.3) is 5.91 Å². The first-order valence-corrected chi connectivity index (χ1v) is 13.1. The third kappa shape index (κ3) is 4.17. The van der Waals surface area contributed by atoms with E-state index in [1.54, 1.807) is 4.90 Å². The van der Waals surface area contributed by atoms with Crippen LogP contribution in [0, 0.1) is 6.92 Å². The van der Waals surface area contributed by atoms with Crippen LogP contribution in [0.3, 0.4) is 0 Å². The number of imide groups is 1. The molecule has 3 amide bonds. The highest BCUT2D eigenvalue weighted by molar-refractivity contribution is 6.05. The zero-order valence-electron chi connectivity index (χ0n) is 20.6. The van der Waals surface area contributed by atoms with E-state index in [-0.39, 0.29) is 30.2 Å². The number of carbonyl (C=O) groups is 3. The van der Waals surface area contributed by atoms with Crippen LogP contribution in [0.5, 0.6) is 5.75 Å². The molecule has 1 aliphatic carbocycles. The van der Waals surface area contributed by atoms with Crippen molar-refractivity contribution in [3.63, 3.8) is 0 Å². The maximum Gasteiger partial charge on any atom is 0.255 e. The topological polar surface area (TPSA) is 91.8 Å². The van der Waals surface area contributed by atoms with Gasteiger partial charge in [-0.05, 0) is 73.6 Å². The van der Waals surface area contributed by atoms with Gasteiger partial charge in [0.2, 0.25) is 11.8 Å². The summed E-state index contributed by atoms with van der Waals surface area (Å²) in [5.41, 5.74) is 4.16. The third-order valence-electron chi connectivity index (χ3n) is 8.33. The van der Waals surface area contributed by atoms with E-state index in [4.69, 9.17) is 4.74 Å². The Morgan fingerprint density at radius 1 is 1.06 bits per heavy atom. The van der Waals surface area contributed by atoms with E-state index in [0.29, 0.717) is 30.5 Å². The number of aromatic nitrogens is 1. The van der Waals surface area contributed by atoms with Gasteiger partial charge in [-0.3, -0.25) is 29.6 Å². The zero-order valence-corrected chi connectivity index (χ0v) is 20.6. The molecular weight excluding hydrogens is 456 g/mol. The van der Waals surface area contributed by atoms with Crippen molar-refractivity contribution < 1.29 is 19.1 Å². The summed E-state index contributed by atoms with van der Waals surface area (Å²) in [5, 5.41) is 2.36. The van der Waals surface area contributed by atoms with Crippen molar-refractivity contribution in [1.82, 2.24) is 20.1 Å². The molecule has 2 aromatic rings. The van der Waals surface area contributed by atoms with Gasteiger partial charge in [-0.2, -0.15) is 0 Å². The van der Waals surface area contributed by atoms with Crippen LogP contribution >= 0.6 is 0 Å². The number of pyridine rings is 1. The Hall–Kier alpha value is -3.26. The van der Waals surface area contributed by atoms with Crippen LogP contribution < -0.4 is 10.1 Å². The molecule has 8 nitrogen and oxygen atoms in total. The molecule has 0 spiro atoms. The summed E-state index contributed by atoms with van der Waals surface area (Å²) in [6.45, 7) is 4.60. The number of aryl methyl sites for hydroxylation is 1. The van der Waals surface area contributed by atoms with Crippen LogP contribution in [0.15, 0.2) is 36.7 Å². The minimum absolute atomic E-state index is 0.125. The lowest BCUT2D eigenvalue weighted by atomic mass is 9.83. The van der Waals surface area contributed by atoms with E-state index in [9.17, 15) is 14.4 Å². The first-order chi connectivity index (χ1) is 17.5. The molecule has 2 saturated heterocycles. The standard InChI is InChI=1S/C28H32N4O4/c1-17-13-29-11-10-21(17)19-14-31(15-19)23-4-2-3-5-25(23)36-20-6-7-22-18(12-20)16-32(28(22)35)24-8-9-26(33)30-27(24)34/h6-7,10-13,19,23-25H,2-5,8-9,14-16H2,1H3,(H,30,33,34)/t23-,24-,25-/m1/s1. The summed E-state index contributed by atoms with van der Waals surface area (Å²) in [5.74, 6) is 0.524. The highest BCUT2D eigenvalue weighted by Gasteiger charge is 2.41. The van der Waals surface area contributed by atoms with E-state index >= 15 is 0 Å². The number of nitrogens with zero attached hydrogens (tertiary/aromatic N) is 3. The summed E-state index contributed by atoms with van der Waals surface area (Å²) in [4.78, 5) is 45.2. The number of fused-ring (bicyclic) bond motifs is 1. The second-order valence-corrected chi connectivity index (χ2v) is 10.6. The molecule has 4 aliphatic rings. The molecule has 0 unspecified atom stereocenters. The monoisotopic (exact) mass is 488 g/mol. The Kier molecular flexibility index (Phi) is 5.99. The van der Waals surface area contributed by atoms with E-state index in [0.717, 1.165) is 43.7 Å². The molecule has 1 aromatic carbocycles. The Labute approximate surface area is 211 Å². The molecule has 0 bridgehead atoms. The van der Waals surface area contributed by atoms with Gasteiger partial charge in [0.1, 0.15) is 17.9 Å². The lowest BCUT2D eigenvalue weighted by Crippen LogP contribution is -2.57. The number of carbonyl (C=O) groups excluding carboxylic acids is 3. The highest BCUT2D eigenvalue weighted by atomic mass is 16.5. The van der Waals surface area contributed by atoms with Gasteiger partial charge in [0.05, 0.1) is 0 Å². The Morgan fingerprint density at radius 3 is 2.69 bits per heavy atom. The van der Waals surface area contributed by atoms with Crippen LogP contribution in [0.25, 0.3) is 0 Å². The number of benzene rings is 1. The predicted octanol–water partition coefficient (Wildman–Crippen LogP) is 2.94. The minimum Gasteiger partial charge on any atom is -0.489 e. The zero-order chi connectivity index (χ0) is 24.8. The number of ether oxygens (including phenoxy) is 1. The first kappa shape index (κ1) is 23.2. The van der Waals surface area contributed by atoms with Crippen LogP contribution in [0.2, 0.25) is 0 Å². The van der Waals surface area contributed by atoms with E-state index in [1.165, 1.54) is 17.5 Å². The summed E-state index contributed by atoms with van der Waals surface area (Å²) in [7, 11) is 0. The molecule has 1 N–H and O–H groups in total. The van der Waals surface area contributed by atoms with Crippen molar-refractivity contribution in [3.05, 3.63) is 58.9 Å². The number of rotatable bonds is 5. The molecular formula is C28H32N4O4. The fourth-order valence-electron chi connectivity index (χ4n) is 6.35. The second kappa shape index (κ2) is 9.32. The van der Waals surface area contributed by atoms with E-state index in [2.05, 4.69) is 28.2 Å². The van der Waals surface area contributed by atoms with Crippen molar-refractivity contribution in [3.8, 4) is 5.75 Å². The Balaban J connectivity index is 1.12. The van der Waals surface area contributed by atoms with Crippen LogP contribution in [0.1, 0.15) is 71.5 Å². The maximum atomic E-state index is 13.0. The minimum atomic E-state index is -0.599. The summed E-state index contributed by atoms with van der Waals surface area (Å²) in [6, 6.07) is 7.61. The van der Waals surface area contributed by atoms with Gasteiger partial charge in [-0.1, -0.05) is 6.42 Å². The number of nitrogens with one attached hydrogen (secondary N) is 1. The molecule has 6 rings (SSSR count). The fourth-order valence-corrected chi connectivity index (χ4v) is 6.35. The average Bonchev–Trinajstić information content (AvgIpc) is 3.16. The molecule has 4 heterocycles. The molecule has 1 aromatic heterocycles. The molecule has 8 heteroatoms. The first-order valence-electron chi connectivity index (χ1n) is 13.1. The SMILES string of the molecule is Cc1cnccc1C1CN([C@@H]2CCCC[C@H]2Oc2ccc3c(c2)CN([C@@H]2CCC(=O)NC2=O)C3=O)C1. The van der Waals surface area contributed by atoms with Gasteiger partial charge in [0.15, 0.2) is 0 Å². The largest absolute Gasteiger partial charge is 0.489 e. The lowest BCUT2D eigenvalue weighted by Gasteiger charge is -2.48. The van der Waals surface area contributed by atoms with Gasteiger partial charge < -0.3 is 9.64 Å². The molecule has 3 aliphatic heterocycles. The van der Waals surface area contributed by atoms with E-state index < -0.39 is 6.04 Å². The number of hydrogen-bond donors (Lipinski definition) is 1. The molecule has 0 radical (unpaired) electrons. The molecule has 3 atom stereocenters. The third-order valence-corrected chi connectivity index (χ3v) is 8.33. The van der Waals surface area contributed by atoms with Crippen molar-refractivity contribution in [1.29, 1.82) is 0 Å². The predicted molar refractivity (Wildman–Crippen MR) is 132 cm³/mol. The van der Waals surface area contributed by atoms with Gasteiger partial charge in [0, 0.05) is 56.0 Å². The molecule has 36 heavy (non-hydrogen) atoms. The Bertz CT molecular complexity index is 1210. The molecule has 188 valence electrons. The van der Waals surface area contributed by atoms with Crippen molar-refractivity contribution in [2.24, 2.45) is 0 Å². The normalized spacial score (nSPS) is 27.0. The number of amides is 3. The maximum absolute atomic E-state index is 13.0. The molecule has 1 saturated carbocycles. The van der Waals surface area contributed by atoms with Crippen LogP contribution in [-0.4, -0.2) is 63.8 Å². The number of likely N-dealkylation sites (tertiary alicyclic amines) is 1. The summed E-state index contributed by atoms with van der Waals surface area (Å²) >= 11 is 0. The van der Waals surface area contributed by atoms with Crippen LogP contribution in [0.4, 0.5) is 0 Å². The van der Waals surface area contributed by atoms with E-state index in [1.807, 2.05) is 30.6 Å². The van der Waals surface area contributed by atoms with Crippen molar-refractivity contribution in [2.75, 3.05) is 13.1 Å². The van der Waals surface area contributed by atoms with Gasteiger partial charge >= 0.3 is 0 Å². The Morgan fingerprint density at radius 2 is 1.89 bits per heavy atom. The van der Waals surface area contributed by atoms with Gasteiger partial charge in [-0.25, -0.2) is 0 Å². The van der Waals surface area contributed by atoms with Crippen molar-refractivity contribution in [2.45, 2.75) is 76.1 Å². The highest BCUT2D eigenvalue weighted by Crippen LogP contribution is 2.37. The number of piperidine rings is 1. The van der Waals surface area contributed by atoms with Crippen molar-refractivity contribution >= 4 is 17.7 Å². The summed E-state index contributed by atoms with van der Waals surface area (Å²) < 4.78 is 6.56. The second-order valence-electron chi connectivity index (χ2n) is 10.6. The quantitative estimate of drug-likeness (QED) is 0.651. The lowest BCUT2D eigenvalue weighted by molar-refractivity contribution is -0.136.